The maximum atomic E-state index is 12.5. The van der Waals surface area contributed by atoms with Crippen molar-refractivity contribution in [3.8, 4) is 0 Å². The molecule has 3 nitrogen and oxygen atoms in total. The van der Waals surface area contributed by atoms with E-state index in [0.717, 1.165) is 38.8 Å². The molecule has 1 aliphatic carbocycles. The first-order valence-electron chi connectivity index (χ1n) is 7.49. The fraction of sp³-hybridized carbons (Fsp3) is 0.933. The first kappa shape index (κ1) is 13.9. The molecule has 3 heteroatoms. The van der Waals surface area contributed by atoms with Gasteiger partial charge in [0.05, 0.1) is 5.41 Å². The van der Waals surface area contributed by atoms with Gasteiger partial charge in [-0.1, -0.05) is 27.2 Å². The summed E-state index contributed by atoms with van der Waals surface area (Å²) in [5, 5.41) is 6.67. The van der Waals surface area contributed by atoms with E-state index in [2.05, 4.69) is 31.4 Å². The van der Waals surface area contributed by atoms with Gasteiger partial charge in [-0.15, -0.1) is 0 Å². The van der Waals surface area contributed by atoms with E-state index in [1.54, 1.807) is 0 Å². The van der Waals surface area contributed by atoms with Crippen molar-refractivity contribution in [2.75, 3.05) is 13.1 Å². The largest absolute Gasteiger partial charge is 0.353 e. The average Bonchev–Trinajstić information content (AvgIpc) is 2.77. The predicted molar refractivity (Wildman–Crippen MR) is 74.4 cm³/mol. The standard InChI is InChI=1S/C15H28N2O/c1-4-15(8-9-16-11-15)13(18)17-12-6-5-7-14(2,3)10-12/h12,16H,4-11H2,1-3H3,(H,17,18). The molecule has 0 aromatic carbocycles. The van der Waals surface area contributed by atoms with Crippen molar-refractivity contribution in [3.63, 3.8) is 0 Å². The summed E-state index contributed by atoms with van der Waals surface area (Å²) in [5.74, 6) is 0.290. The van der Waals surface area contributed by atoms with Gasteiger partial charge >= 0.3 is 0 Å². The lowest BCUT2D eigenvalue weighted by atomic mass is 9.74. The molecule has 0 spiro atoms. The molecule has 0 bridgehead atoms. The van der Waals surface area contributed by atoms with Gasteiger partial charge in [0.2, 0.25) is 5.91 Å². The zero-order valence-corrected chi connectivity index (χ0v) is 12.1. The molecule has 18 heavy (non-hydrogen) atoms. The lowest BCUT2D eigenvalue weighted by molar-refractivity contribution is -0.131. The van der Waals surface area contributed by atoms with Crippen molar-refractivity contribution in [2.45, 2.75) is 65.3 Å². The molecule has 1 amide bonds. The van der Waals surface area contributed by atoms with Crippen LogP contribution in [0.5, 0.6) is 0 Å². The number of rotatable bonds is 3. The Hall–Kier alpha value is -0.570. The third kappa shape index (κ3) is 2.87. The number of amides is 1. The van der Waals surface area contributed by atoms with E-state index in [0.29, 0.717) is 11.5 Å². The molecule has 2 atom stereocenters. The molecule has 2 N–H and O–H groups in total. The van der Waals surface area contributed by atoms with Crippen LogP contribution in [0, 0.1) is 10.8 Å². The zero-order chi connectivity index (χ0) is 13.2. The molecular formula is C15H28N2O. The van der Waals surface area contributed by atoms with Crippen LogP contribution in [0.4, 0.5) is 0 Å². The van der Waals surface area contributed by atoms with E-state index >= 15 is 0 Å². The molecular weight excluding hydrogens is 224 g/mol. The molecule has 1 aliphatic heterocycles. The highest BCUT2D eigenvalue weighted by atomic mass is 16.2. The van der Waals surface area contributed by atoms with Crippen LogP contribution in [0.15, 0.2) is 0 Å². The van der Waals surface area contributed by atoms with Crippen LogP contribution in [0.3, 0.4) is 0 Å². The smallest absolute Gasteiger partial charge is 0.227 e. The minimum absolute atomic E-state index is 0.137. The van der Waals surface area contributed by atoms with Crippen molar-refractivity contribution in [3.05, 3.63) is 0 Å². The van der Waals surface area contributed by atoms with Crippen molar-refractivity contribution in [1.82, 2.24) is 10.6 Å². The van der Waals surface area contributed by atoms with E-state index in [4.69, 9.17) is 0 Å². The molecule has 0 aromatic rings. The van der Waals surface area contributed by atoms with Gasteiger partial charge in [0.15, 0.2) is 0 Å². The van der Waals surface area contributed by atoms with Gasteiger partial charge in [-0.25, -0.2) is 0 Å². The van der Waals surface area contributed by atoms with Gasteiger partial charge in [0.1, 0.15) is 0 Å². The molecule has 0 radical (unpaired) electrons. The molecule has 2 fully saturated rings. The number of hydrogen-bond acceptors (Lipinski definition) is 2. The fourth-order valence-corrected chi connectivity index (χ4v) is 3.56. The molecule has 1 saturated heterocycles. The Morgan fingerprint density at radius 1 is 1.39 bits per heavy atom. The Morgan fingerprint density at radius 3 is 2.72 bits per heavy atom. The number of nitrogens with one attached hydrogen (secondary N) is 2. The van der Waals surface area contributed by atoms with Crippen LogP contribution in [-0.2, 0) is 4.79 Å². The number of carbonyl (C=O) groups excluding carboxylic acids is 1. The summed E-state index contributed by atoms with van der Waals surface area (Å²) in [4.78, 5) is 12.5. The second-order valence-electron chi connectivity index (χ2n) is 6.99. The van der Waals surface area contributed by atoms with Gasteiger partial charge in [0, 0.05) is 12.6 Å². The maximum Gasteiger partial charge on any atom is 0.227 e. The van der Waals surface area contributed by atoms with E-state index in [-0.39, 0.29) is 11.3 Å². The van der Waals surface area contributed by atoms with E-state index < -0.39 is 0 Å². The van der Waals surface area contributed by atoms with E-state index in [1.807, 2.05) is 0 Å². The summed E-state index contributed by atoms with van der Waals surface area (Å²) in [5.41, 5.74) is 0.255. The summed E-state index contributed by atoms with van der Waals surface area (Å²) in [7, 11) is 0. The summed E-state index contributed by atoms with van der Waals surface area (Å²) in [6, 6.07) is 0.394. The van der Waals surface area contributed by atoms with Crippen molar-refractivity contribution < 1.29 is 4.79 Å². The second-order valence-corrected chi connectivity index (χ2v) is 6.99. The van der Waals surface area contributed by atoms with Crippen LogP contribution in [0.25, 0.3) is 0 Å². The van der Waals surface area contributed by atoms with Gasteiger partial charge in [0.25, 0.3) is 0 Å². The zero-order valence-electron chi connectivity index (χ0n) is 12.1. The lowest BCUT2D eigenvalue weighted by Crippen LogP contribution is -2.48. The van der Waals surface area contributed by atoms with Crippen LogP contribution in [0.1, 0.15) is 59.3 Å². The predicted octanol–water partition coefficient (Wildman–Crippen LogP) is 2.46. The highest BCUT2D eigenvalue weighted by molar-refractivity contribution is 5.83. The van der Waals surface area contributed by atoms with Crippen LogP contribution >= 0.6 is 0 Å². The van der Waals surface area contributed by atoms with Gasteiger partial charge in [-0.3, -0.25) is 4.79 Å². The molecule has 2 unspecified atom stereocenters. The Morgan fingerprint density at radius 2 is 2.17 bits per heavy atom. The van der Waals surface area contributed by atoms with E-state index in [9.17, 15) is 4.79 Å². The molecule has 0 aromatic heterocycles. The van der Waals surface area contributed by atoms with Crippen LogP contribution < -0.4 is 10.6 Å². The maximum absolute atomic E-state index is 12.5. The summed E-state index contributed by atoms with van der Waals surface area (Å²) in [6.07, 6.45) is 6.76. The third-order valence-electron chi connectivity index (χ3n) is 4.94. The molecule has 1 saturated carbocycles. The van der Waals surface area contributed by atoms with Gasteiger partial charge < -0.3 is 10.6 Å². The van der Waals surface area contributed by atoms with Crippen molar-refractivity contribution in [2.24, 2.45) is 10.8 Å². The van der Waals surface area contributed by atoms with Crippen molar-refractivity contribution >= 4 is 5.91 Å². The van der Waals surface area contributed by atoms with E-state index in [1.165, 1.54) is 12.8 Å². The Balaban J connectivity index is 1.94. The van der Waals surface area contributed by atoms with Gasteiger partial charge in [-0.05, 0) is 44.1 Å². The minimum Gasteiger partial charge on any atom is -0.353 e. The first-order valence-corrected chi connectivity index (χ1v) is 7.49. The summed E-state index contributed by atoms with van der Waals surface area (Å²) in [6.45, 7) is 8.61. The Bertz CT molecular complexity index is 306. The monoisotopic (exact) mass is 252 g/mol. The molecule has 2 rings (SSSR count). The molecule has 2 aliphatic rings. The minimum atomic E-state index is -0.137. The van der Waals surface area contributed by atoms with Crippen LogP contribution in [-0.4, -0.2) is 25.0 Å². The number of carbonyl (C=O) groups is 1. The molecule has 104 valence electrons. The third-order valence-corrected chi connectivity index (χ3v) is 4.94. The first-order chi connectivity index (χ1) is 8.47. The Kier molecular flexibility index (Phi) is 4.00. The Labute approximate surface area is 111 Å². The van der Waals surface area contributed by atoms with Crippen LogP contribution in [0.2, 0.25) is 0 Å². The highest BCUT2D eigenvalue weighted by Crippen LogP contribution is 2.36. The SMILES string of the molecule is CCC1(C(=O)NC2CCCC(C)(C)C2)CCNC1. The lowest BCUT2D eigenvalue weighted by Gasteiger charge is -2.37. The summed E-state index contributed by atoms with van der Waals surface area (Å²) < 4.78 is 0. The van der Waals surface area contributed by atoms with Gasteiger partial charge in [-0.2, -0.15) is 0 Å². The molecule has 1 heterocycles. The van der Waals surface area contributed by atoms with Crippen molar-refractivity contribution in [1.29, 1.82) is 0 Å². The summed E-state index contributed by atoms with van der Waals surface area (Å²) >= 11 is 0. The highest BCUT2D eigenvalue weighted by Gasteiger charge is 2.41. The average molecular weight is 252 g/mol. The number of hydrogen-bond donors (Lipinski definition) is 2. The second kappa shape index (κ2) is 5.20. The normalized spacial score (nSPS) is 35.4. The topological polar surface area (TPSA) is 41.1 Å². The fourth-order valence-electron chi connectivity index (χ4n) is 3.56. The quantitative estimate of drug-likeness (QED) is 0.810.